The second kappa shape index (κ2) is 12.5. The average molecular weight is 488 g/mol. The van der Waals surface area contributed by atoms with E-state index in [1.165, 1.54) is 20.8 Å². The average Bonchev–Trinajstić information content (AvgIpc) is 2.66. The summed E-state index contributed by atoms with van der Waals surface area (Å²) >= 11 is 0. The topological polar surface area (TPSA) is 140 Å². The van der Waals surface area contributed by atoms with Crippen LogP contribution in [0.15, 0.2) is 0 Å². The maximum atomic E-state index is 11.8. The molecular weight excluding hydrogens is 446 g/mol. The van der Waals surface area contributed by atoms with Gasteiger partial charge in [-0.2, -0.15) is 0 Å². The minimum atomic E-state index is -0.962. The summed E-state index contributed by atoms with van der Waals surface area (Å²) in [6, 6.07) is 0. The third-order valence-electron chi connectivity index (χ3n) is 5.65. The zero-order valence-electron chi connectivity index (χ0n) is 21.7. The first-order chi connectivity index (χ1) is 15.5. The van der Waals surface area contributed by atoms with Gasteiger partial charge in [0.2, 0.25) is 5.91 Å². The second-order valence-electron chi connectivity index (χ2n) is 10.6. The first-order valence-corrected chi connectivity index (χ1v) is 11.6. The van der Waals surface area contributed by atoms with E-state index in [2.05, 4.69) is 13.8 Å². The van der Waals surface area contributed by atoms with Gasteiger partial charge >= 0.3 is 17.9 Å². The summed E-state index contributed by atoms with van der Waals surface area (Å²) in [4.78, 5) is 46.1. The Hall–Kier alpha value is -2.20. The number of nitrogens with two attached hydrogens (primary N) is 1. The number of amides is 1. The van der Waals surface area contributed by atoms with Crippen molar-refractivity contribution in [3.05, 3.63) is 0 Å². The third kappa shape index (κ3) is 10.4. The van der Waals surface area contributed by atoms with Crippen molar-refractivity contribution >= 4 is 23.8 Å². The molecule has 1 amide bonds. The van der Waals surface area contributed by atoms with Gasteiger partial charge in [-0.25, -0.2) is 0 Å². The Morgan fingerprint density at radius 2 is 1.44 bits per heavy atom. The molecule has 0 saturated carbocycles. The minimum Gasteiger partial charge on any atom is -0.463 e. The van der Waals surface area contributed by atoms with Crippen molar-refractivity contribution in [2.45, 2.75) is 99.3 Å². The van der Waals surface area contributed by atoms with Crippen LogP contribution in [0, 0.1) is 16.7 Å². The molecule has 0 aliphatic carbocycles. The van der Waals surface area contributed by atoms with Gasteiger partial charge in [-0.05, 0) is 23.7 Å². The quantitative estimate of drug-likeness (QED) is 0.325. The van der Waals surface area contributed by atoms with Crippen molar-refractivity contribution in [3.63, 3.8) is 0 Å². The van der Waals surface area contributed by atoms with Crippen LogP contribution in [0.4, 0.5) is 0 Å². The van der Waals surface area contributed by atoms with Crippen LogP contribution in [0.3, 0.4) is 0 Å². The fraction of sp³-hybridized carbons (Fsp3) is 0.833. The van der Waals surface area contributed by atoms with Crippen LogP contribution in [-0.4, -0.2) is 61.6 Å². The summed E-state index contributed by atoms with van der Waals surface area (Å²) in [5, 5.41) is 0. The summed E-state index contributed by atoms with van der Waals surface area (Å²) < 4.78 is 28.2. The van der Waals surface area contributed by atoms with E-state index in [1.807, 2.05) is 13.8 Å². The molecular formula is C24H41NO9. The van der Waals surface area contributed by atoms with Gasteiger partial charge in [0, 0.05) is 33.1 Å². The number of esters is 3. The van der Waals surface area contributed by atoms with Crippen LogP contribution in [0.25, 0.3) is 0 Å². The van der Waals surface area contributed by atoms with Gasteiger partial charge in [0.25, 0.3) is 0 Å². The van der Waals surface area contributed by atoms with Crippen molar-refractivity contribution in [1.29, 1.82) is 0 Å². The smallest absolute Gasteiger partial charge is 0.303 e. The second-order valence-corrected chi connectivity index (χ2v) is 10.6. The van der Waals surface area contributed by atoms with Crippen molar-refractivity contribution in [1.82, 2.24) is 0 Å². The number of hydrogen-bond donors (Lipinski definition) is 1. The van der Waals surface area contributed by atoms with E-state index in [0.29, 0.717) is 19.4 Å². The molecule has 1 rings (SSSR count). The van der Waals surface area contributed by atoms with Crippen LogP contribution >= 0.6 is 0 Å². The minimum absolute atomic E-state index is 0.139. The Kier molecular flexibility index (Phi) is 11.0. The summed E-state index contributed by atoms with van der Waals surface area (Å²) in [6.45, 7) is 13.9. The molecule has 1 heterocycles. The van der Waals surface area contributed by atoms with Crippen molar-refractivity contribution in [2.24, 2.45) is 22.5 Å². The molecule has 0 aromatic heterocycles. The Balaban J connectivity index is 3.00. The van der Waals surface area contributed by atoms with E-state index < -0.39 is 48.4 Å². The van der Waals surface area contributed by atoms with E-state index in [4.69, 9.17) is 29.4 Å². The van der Waals surface area contributed by atoms with Crippen LogP contribution in [-0.2, 0) is 42.9 Å². The van der Waals surface area contributed by atoms with Crippen molar-refractivity contribution in [2.75, 3.05) is 13.2 Å². The molecule has 0 bridgehead atoms. The summed E-state index contributed by atoms with van der Waals surface area (Å²) in [7, 11) is 0. The molecule has 10 heteroatoms. The van der Waals surface area contributed by atoms with Gasteiger partial charge < -0.3 is 29.4 Å². The largest absolute Gasteiger partial charge is 0.463 e. The molecule has 5 atom stereocenters. The summed E-state index contributed by atoms with van der Waals surface area (Å²) in [6.07, 6.45) is -1.77. The van der Waals surface area contributed by atoms with E-state index >= 15 is 0 Å². The molecule has 1 saturated heterocycles. The Labute approximate surface area is 202 Å². The number of carbonyl (C=O) groups is 4. The Morgan fingerprint density at radius 3 is 1.94 bits per heavy atom. The Bertz CT molecular complexity index is 734. The number of carbonyl (C=O) groups excluding carboxylic acids is 4. The molecule has 34 heavy (non-hydrogen) atoms. The lowest BCUT2D eigenvalue weighted by atomic mass is 9.73. The highest BCUT2D eigenvalue weighted by atomic mass is 16.7. The fourth-order valence-corrected chi connectivity index (χ4v) is 4.47. The highest BCUT2D eigenvalue weighted by Crippen LogP contribution is 2.39. The number of ether oxygens (including phenoxy) is 5. The van der Waals surface area contributed by atoms with Gasteiger partial charge in [-0.15, -0.1) is 0 Å². The van der Waals surface area contributed by atoms with E-state index in [0.717, 1.165) is 6.42 Å². The lowest BCUT2D eigenvalue weighted by Crippen LogP contribution is -2.58. The van der Waals surface area contributed by atoms with Crippen LogP contribution in [0.1, 0.15) is 74.7 Å². The maximum absolute atomic E-state index is 11.8. The molecule has 5 unspecified atom stereocenters. The zero-order valence-corrected chi connectivity index (χ0v) is 21.7. The molecule has 1 aliphatic heterocycles. The zero-order chi connectivity index (χ0) is 26.3. The van der Waals surface area contributed by atoms with Crippen LogP contribution in [0.2, 0.25) is 0 Å². The molecule has 1 fully saturated rings. The van der Waals surface area contributed by atoms with E-state index in [-0.39, 0.29) is 23.3 Å². The first-order valence-electron chi connectivity index (χ1n) is 11.6. The summed E-state index contributed by atoms with van der Waals surface area (Å²) in [5.74, 6) is -2.45. The molecule has 10 nitrogen and oxygen atoms in total. The molecule has 0 radical (unpaired) electrons. The van der Waals surface area contributed by atoms with Crippen molar-refractivity contribution in [3.8, 4) is 0 Å². The third-order valence-corrected chi connectivity index (χ3v) is 5.65. The van der Waals surface area contributed by atoms with Crippen LogP contribution < -0.4 is 5.73 Å². The van der Waals surface area contributed by atoms with Gasteiger partial charge in [0.15, 0.2) is 12.4 Å². The normalized spacial score (nSPS) is 25.4. The SMILES string of the molecule is CC(=O)OCC1OC(OCC(C)(C)CC(C)(C)CCC(N)=O)C(C)C(OC(C)=O)C1OC(C)=O. The van der Waals surface area contributed by atoms with E-state index in [9.17, 15) is 19.2 Å². The lowest BCUT2D eigenvalue weighted by Gasteiger charge is -2.44. The molecule has 196 valence electrons. The fourth-order valence-electron chi connectivity index (χ4n) is 4.47. The highest BCUT2D eigenvalue weighted by molar-refractivity contribution is 5.73. The maximum Gasteiger partial charge on any atom is 0.303 e. The van der Waals surface area contributed by atoms with Crippen LogP contribution in [0.5, 0.6) is 0 Å². The van der Waals surface area contributed by atoms with Gasteiger partial charge in [-0.3, -0.25) is 19.2 Å². The number of rotatable bonds is 12. The molecule has 0 aromatic rings. The summed E-state index contributed by atoms with van der Waals surface area (Å²) in [5.41, 5.74) is 4.88. The van der Waals surface area contributed by atoms with E-state index in [1.54, 1.807) is 6.92 Å². The van der Waals surface area contributed by atoms with Crippen molar-refractivity contribution < 1.29 is 42.9 Å². The monoisotopic (exact) mass is 487 g/mol. The molecule has 0 spiro atoms. The molecule has 1 aliphatic rings. The van der Waals surface area contributed by atoms with Gasteiger partial charge in [0.05, 0.1) is 6.61 Å². The number of primary amides is 1. The Morgan fingerprint density at radius 1 is 0.882 bits per heavy atom. The lowest BCUT2D eigenvalue weighted by molar-refractivity contribution is -0.293. The number of hydrogen-bond acceptors (Lipinski definition) is 9. The molecule has 0 aromatic carbocycles. The molecule has 2 N–H and O–H groups in total. The highest BCUT2D eigenvalue weighted by Gasteiger charge is 2.49. The predicted octanol–water partition coefficient (Wildman–Crippen LogP) is 2.50. The van der Waals surface area contributed by atoms with Gasteiger partial charge in [-0.1, -0.05) is 34.6 Å². The van der Waals surface area contributed by atoms with Gasteiger partial charge in [0.1, 0.15) is 18.8 Å². The standard InChI is InChI=1S/C24H41NO9/c1-14-20(32-16(3)27)21(33-17(4)28)18(11-30-15(2)26)34-22(14)31-13-24(7,8)12-23(5,6)10-9-19(25)29/h14,18,20-22H,9-13H2,1-8H3,(H2,25,29). The first kappa shape index (κ1) is 29.8. The predicted molar refractivity (Wildman–Crippen MR) is 122 cm³/mol.